The lowest BCUT2D eigenvalue weighted by molar-refractivity contribution is -0.385. The number of nitro groups is 2. The summed E-state index contributed by atoms with van der Waals surface area (Å²) in [7, 11) is 0. The first-order valence-electron chi connectivity index (χ1n) is 9.68. The van der Waals surface area contributed by atoms with Crippen LogP contribution in [0.5, 0.6) is 11.5 Å². The Kier molecular flexibility index (Phi) is 8.19. The molecule has 0 aliphatic rings. The number of hydrogen-bond acceptors (Lipinski definition) is 9. The summed E-state index contributed by atoms with van der Waals surface area (Å²) < 4.78 is 10.9. The van der Waals surface area contributed by atoms with E-state index in [-0.39, 0.29) is 35.0 Å². The molecule has 0 aromatic heterocycles. The predicted octanol–water partition coefficient (Wildman–Crippen LogP) is 4.01. The van der Waals surface area contributed by atoms with E-state index < -0.39 is 21.7 Å². The summed E-state index contributed by atoms with van der Waals surface area (Å²) in [6.07, 6.45) is 1.36. The summed E-state index contributed by atoms with van der Waals surface area (Å²) in [5.41, 5.74) is 2.78. The SMILES string of the molecule is O=C(COc1ccc([N+](=O)[O-])cc1Br)N/N=C\c1ccc(OC(=O)c2ccc([N+](=O)[O-])cc2)cc1. The van der Waals surface area contributed by atoms with Crippen LogP contribution in [0, 0.1) is 20.2 Å². The Hall–Kier alpha value is -4.65. The second kappa shape index (κ2) is 11.5. The molecule has 13 heteroatoms. The quantitative estimate of drug-likeness (QED) is 0.139. The van der Waals surface area contributed by atoms with Gasteiger partial charge in [-0.15, -0.1) is 0 Å². The molecular weight excluding hydrogens is 528 g/mol. The van der Waals surface area contributed by atoms with Gasteiger partial charge in [0, 0.05) is 24.3 Å². The molecule has 0 spiro atoms. The van der Waals surface area contributed by atoms with Crippen molar-refractivity contribution >= 4 is 45.4 Å². The average Bonchev–Trinajstić information content (AvgIpc) is 2.84. The zero-order valence-corrected chi connectivity index (χ0v) is 19.2. The number of ether oxygens (including phenoxy) is 2. The van der Waals surface area contributed by atoms with E-state index in [1.165, 1.54) is 60.8 Å². The normalized spacial score (nSPS) is 10.5. The molecule has 3 aromatic carbocycles. The van der Waals surface area contributed by atoms with E-state index in [0.717, 1.165) is 0 Å². The van der Waals surface area contributed by atoms with Crippen molar-refractivity contribution in [3.63, 3.8) is 0 Å². The first kappa shape index (κ1) is 25.0. The van der Waals surface area contributed by atoms with Crippen molar-refractivity contribution < 1.29 is 28.9 Å². The number of halogens is 1. The van der Waals surface area contributed by atoms with Crippen LogP contribution in [0.15, 0.2) is 76.3 Å². The largest absolute Gasteiger partial charge is 0.483 e. The second-order valence-corrected chi connectivity index (χ2v) is 7.57. The van der Waals surface area contributed by atoms with Gasteiger partial charge in [0.2, 0.25) is 0 Å². The topological polar surface area (TPSA) is 163 Å². The van der Waals surface area contributed by atoms with Crippen LogP contribution in [0.1, 0.15) is 15.9 Å². The zero-order chi connectivity index (χ0) is 25.4. The van der Waals surface area contributed by atoms with Crippen LogP contribution < -0.4 is 14.9 Å². The van der Waals surface area contributed by atoms with Crippen LogP contribution in [0.25, 0.3) is 0 Å². The smallest absolute Gasteiger partial charge is 0.343 e. The summed E-state index contributed by atoms with van der Waals surface area (Å²) in [5, 5.41) is 25.2. The van der Waals surface area contributed by atoms with Crippen molar-refractivity contribution in [3.8, 4) is 11.5 Å². The molecule has 0 heterocycles. The lowest BCUT2D eigenvalue weighted by Gasteiger charge is -2.07. The molecule has 0 aliphatic heterocycles. The number of nitro benzene ring substituents is 2. The van der Waals surface area contributed by atoms with Crippen molar-refractivity contribution in [1.82, 2.24) is 5.43 Å². The number of esters is 1. The van der Waals surface area contributed by atoms with E-state index in [1.54, 1.807) is 12.1 Å². The predicted molar refractivity (Wildman–Crippen MR) is 127 cm³/mol. The van der Waals surface area contributed by atoms with Crippen LogP contribution >= 0.6 is 15.9 Å². The Morgan fingerprint density at radius 3 is 2.17 bits per heavy atom. The number of benzene rings is 3. The number of hydrogen-bond donors (Lipinski definition) is 1. The third-order valence-electron chi connectivity index (χ3n) is 4.29. The Morgan fingerprint density at radius 1 is 0.943 bits per heavy atom. The van der Waals surface area contributed by atoms with E-state index in [9.17, 15) is 29.8 Å². The standard InChI is InChI=1S/C22H15BrN4O8/c23-19-11-17(27(32)33)7-10-20(19)34-13-21(28)25-24-12-14-1-8-18(9-2-14)35-22(29)15-3-5-16(6-4-15)26(30)31/h1-12H,13H2,(H,25,28)/b24-12-. The van der Waals surface area contributed by atoms with E-state index in [4.69, 9.17) is 9.47 Å². The van der Waals surface area contributed by atoms with Crippen LogP contribution in [0.3, 0.4) is 0 Å². The van der Waals surface area contributed by atoms with Gasteiger partial charge < -0.3 is 9.47 Å². The highest BCUT2D eigenvalue weighted by Gasteiger charge is 2.12. The fourth-order valence-electron chi connectivity index (χ4n) is 2.58. The molecule has 1 N–H and O–H groups in total. The molecule has 0 atom stereocenters. The molecule has 3 aromatic rings. The van der Waals surface area contributed by atoms with E-state index in [2.05, 4.69) is 26.5 Å². The van der Waals surface area contributed by atoms with Crippen LogP contribution in [0.4, 0.5) is 11.4 Å². The van der Waals surface area contributed by atoms with Gasteiger partial charge in [0.25, 0.3) is 17.3 Å². The second-order valence-electron chi connectivity index (χ2n) is 6.72. The molecule has 0 saturated heterocycles. The van der Waals surface area contributed by atoms with Gasteiger partial charge in [-0.2, -0.15) is 5.10 Å². The van der Waals surface area contributed by atoms with Crippen molar-refractivity contribution in [3.05, 3.63) is 103 Å². The molecule has 178 valence electrons. The molecule has 35 heavy (non-hydrogen) atoms. The number of nitrogens with zero attached hydrogens (tertiary/aromatic N) is 3. The lowest BCUT2D eigenvalue weighted by Crippen LogP contribution is -2.24. The molecule has 3 rings (SSSR count). The summed E-state index contributed by atoms with van der Waals surface area (Å²) in [6.45, 7) is -0.370. The van der Waals surface area contributed by atoms with Gasteiger partial charge in [-0.1, -0.05) is 0 Å². The Morgan fingerprint density at radius 2 is 1.57 bits per heavy atom. The number of amides is 1. The van der Waals surface area contributed by atoms with E-state index in [0.29, 0.717) is 10.0 Å². The number of nitrogens with one attached hydrogen (secondary N) is 1. The van der Waals surface area contributed by atoms with Crippen LogP contribution in [-0.2, 0) is 4.79 Å². The Labute approximate surface area is 205 Å². The Balaban J connectivity index is 1.47. The minimum absolute atomic E-state index is 0.120. The minimum atomic E-state index is -0.673. The first-order valence-corrected chi connectivity index (χ1v) is 10.5. The highest BCUT2D eigenvalue weighted by atomic mass is 79.9. The fourth-order valence-corrected chi connectivity index (χ4v) is 3.06. The highest BCUT2D eigenvalue weighted by molar-refractivity contribution is 9.10. The molecule has 0 fully saturated rings. The maximum atomic E-state index is 12.1. The third kappa shape index (κ3) is 7.17. The van der Waals surface area contributed by atoms with Crippen molar-refractivity contribution in [2.75, 3.05) is 6.61 Å². The van der Waals surface area contributed by atoms with Gasteiger partial charge in [0.05, 0.1) is 26.1 Å². The van der Waals surface area contributed by atoms with Gasteiger partial charge in [-0.25, -0.2) is 10.2 Å². The molecule has 12 nitrogen and oxygen atoms in total. The van der Waals surface area contributed by atoms with E-state index >= 15 is 0 Å². The van der Waals surface area contributed by atoms with Gasteiger partial charge in [0.1, 0.15) is 11.5 Å². The lowest BCUT2D eigenvalue weighted by atomic mass is 10.2. The molecule has 0 aliphatic carbocycles. The highest BCUT2D eigenvalue weighted by Crippen LogP contribution is 2.29. The zero-order valence-electron chi connectivity index (χ0n) is 17.6. The number of non-ortho nitro benzene ring substituents is 2. The summed E-state index contributed by atoms with van der Waals surface area (Å²) >= 11 is 3.14. The summed E-state index contributed by atoms with van der Waals surface area (Å²) in [6, 6.07) is 15.1. The van der Waals surface area contributed by atoms with Gasteiger partial charge in [-0.05, 0) is 64.0 Å². The molecule has 1 amide bonds. The van der Waals surface area contributed by atoms with Gasteiger partial charge >= 0.3 is 5.97 Å². The summed E-state index contributed by atoms with van der Waals surface area (Å²) in [5.74, 6) is -0.724. The van der Waals surface area contributed by atoms with Gasteiger partial charge in [-0.3, -0.25) is 25.0 Å². The molecule has 0 unspecified atom stereocenters. The maximum absolute atomic E-state index is 12.1. The van der Waals surface area contributed by atoms with Crippen molar-refractivity contribution in [1.29, 1.82) is 0 Å². The number of hydrazone groups is 1. The molecule has 0 radical (unpaired) electrons. The number of carbonyl (C=O) groups excluding carboxylic acids is 2. The Bertz CT molecular complexity index is 1290. The average molecular weight is 543 g/mol. The maximum Gasteiger partial charge on any atom is 0.343 e. The molecule has 0 saturated carbocycles. The molecule has 0 bridgehead atoms. The number of carbonyl (C=O) groups is 2. The summed E-state index contributed by atoms with van der Waals surface area (Å²) in [4.78, 5) is 44.3. The minimum Gasteiger partial charge on any atom is -0.483 e. The molecular formula is C22H15BrN4O8. The monoisotopic (exact) mass is 542 g/mol. The van der Waals surface area contributed by atoms with E-state index in [1.807, 2.05) is 0 Å². The fraction of sp³-hybridized carbons (Fsp3) is 0.0455. The van der Waals surface area contributed by atoms with Crippen LogP contribution in [-0.4, -0.2) is 34.5 Å². The third-order valence-corrected chi connectivity index (χ3v) is 4.91. The first-order chi connectivity index (χ1) is 16.7. The van der Waals surface area contributed by atoms with Crippen molar-refractivity contribution in [2.24, 2.45) is 5.10 Å². The van der Waals surface area contributed by atoms with Crippen LogP contribution in [0.2, 0.25) is 0 Å². The number of rotatable bonds is 9. The van der Waals surface area contributed by atoms with Crippen molar-refractivity contribution in [2.45, 2.75) is 0 Å². The van der Waals surface area contributed by atoms with Gasteiger partial charge in [0.15, 0.2) is 6.61 Å².